The number of nitrogens with one attached hydrogen (secondary N) is 3. The first-order valence-corrected chi connectivity index (χ1v) is 11.7. The summed E-state index contributed by atoms with van der Waals surface area (Å²) in [7, 11) is -3.38. The van der Waals surface area contributed by atoms with E-state index in [2.05, 4.69) is 54.8 Å². The molecule has 162 valence electrons. The summed E-state index contributed by atoms with van der Waals surface area (Å²) in [6.45, 7) is 12.5. The van der Waals surface area contributed by atoms with E-state index < -0.39 is 10.0 Å². The minimum absolute atomic E-state index is 0.0927. The fourth-order valence-corrected chi connectivity index (χ4v) is 3.53. The van der Waals surface area contributed by atoms with Crippen molar-refractivity contribution < 1.29 is 13.2 Å². The molecule has 2 aromatic rings. The van der Waals surface area contributed by atoms with E-state index in [0.717, 1.165) is 17.4 Å². The number of urea groups is 1. The number of benzene rings is 2. The molecule has 0 heterocycles. The number of sulfonamides is 1. The SMILES string of the molecule is C=Cc1cc(C(C)NC(=O)NCc2ccc(C(C)(C)C)cc2)ccc1NS(C)(=O)=O. The monoisotopic (exact) mass is 429 g/mol. The van der Waals surface area contributed by atoms with Gasteiger partial charge in [-0.25, -0.2) is 13.2 Å². The molecule has 1 atom stereocenters. The number of carbonyl (C=O) groups is 1. The van der Waals surface area contributed by atoms with Gasteiger partial charge in [0.2, 0.25) is 10.0 Å². The third-order valence-corrected chi connectivity index (χ3v) is 5.30. The van der Waals surface area contributed by atoms with Crippen LogP contribution in [-0.4, -0.2) is 20.7 Å². The Labute approximate surface area is 179 Å². The van der Waals surface area contributed by atoms with Crippen LogP contribution in [0.5, 0.6) is 0 Å². The lowest BCUT2D eigenvalue weighted by molar-refractivity contribution is 0.237. The van der Waals surface area contributed by atoms with Gasteiger partial charge >= 0.3 is 6.03 Å². The molecule has 0 spiro atoms. The topological polar surface area (TPSA) is 87.3 Å². The maximum absolute atomic E-state index is 12.3. The number of hydrogen-bond donors (Lipinski definition) is 3. The van der Waals surface area contributed by atoms with Crippen LogP contribution in [0.15, 0.2) is 49.0 Å². The zero-order chi connectivity index (χ0) is 22.5. The molecule has 6 nitrogen and oxygen atoms in total. The van der Waals surface area contributed by atoms with Crippen LogP contribution in [0.4, 0.5) is 10.5 Å². The van der Waals surface area contributed by atoms with Crippen LogP contribution in [-0.2, 0) is 22.0 Å². The van der Waals surface area contributed by atoms with Crippen molar-refractivity contribution in [1.29, 1.82) is 0 Å². The zero-order valence-electron chi connectivity index (χ0n) is 18.2. The standard InChI is InChI=1S/C23H31N3O3S/c1-7-18-14-19(10-13-21(18)26-30(6,28)29)16(2)25-22(27)24-15-17-8-11-20(12-9-17)23(3,4)5/h7-14,16,26H,1,15H2,2-6H3,(H2,24,25,27). The molecule has 3 N–H and O–H groups in total. The third-order valence-electron chi connectivity index (χ3n) is 4.71. The van der Waals surface area contributed by atoms with Gasteiger partial charge in [0.15, 0.2) is 0 Å². The maximum Gasteiger partial charge on any atom is 0.315 e. The molecule has 2 aromatic carbocycles. The van der Waals surface area contributed by atoms with Gasteiger partial charge in [-0.2, -0.15) is 0 Å². The van der Waals surface area contributed by atoms with E-state index in [1.807, 2.05) is 19.1 Å². The lowest BCUT2D eigenvalue weighted by Crippen LogP contribution is -2.36. The van der Waals surface area contributed by atoms with Crippen molar-refractivity contribution >= 4 is 27.8 Å². The molecule has 0 aliphatic heterocycles. The van der Waals surface area contributed by atoms with Crippen LogP contribution >= 0.6 is 0 Å². The second-order valence-corrected chi connectivity index (χ2v) is 10.2. The van der Waals surface area contributed by atoms with Crippen molar-refractivity contribution in [3.63, 3.8) is 0 Å². The number of carbonyl (C=O) groups excluding carboxylic acids is 1. The van der Waals surface area contributed by atoms with E-state index >= 15 is 0 Å². The molecule has 0 aromatic heterocycles. The van der Waals surface area contributed by atoms with Crippen molar-refractivity contribution in [3.05, 3.63) is 71.3 Å². The lowest BCUT2D eigenvalue weighted by Gasteiger charge is -2.19. The van der Waals surface area contributed by atoms with Crippen LogP contribution in [0.2, 0.25) is 0 Å². The van der Waals surface area contributed by atoms with E-state index in [0.29, 0.717) is 17.8 Å². The molecule has 30 heavy (non-hydrogen) atoms. The van der Waals surface area contributed by atoms with Gasteiger partial charge in [-0.1, -0.05) is 63.8 Å². The molecule has 0 bridgehead atoms. The summed E-state index contributed by atoms with van der Waals surface area (Å²) in [6, 6.07) is 12.9. The van der Waals surface area contributed by atoms with Gasteiger partial charge in [-0.3, -0.25) is 4.72 Å². The van der Waals surface area contributed by atoms with Crippen LogP contribution in [0.25, 0.3) is 6.08 Å². The highest BCUT2D eigenvalue weighted by Crippen LogP contribution is 2.24. The summed E-state index contributed by atoms with van der Waals surface area (Å²) >= 11 is 0. The van der Waals surface area contributed by atoms with Gasteiger partial charge in [-0.15, -0.1) is 0 Å². The highest BCUT2D eigenvalue weighted by atomic mass is 32.2. The van der Waals surface area contributed by atoms with Crippen molar-refractivity contribution in [2.45, 2.75) is 45.7 Å². The predicted molar refractivity (Wildman–Crippen MR) is 124 cm³/mol. The number of hydrogen-bond acceptors (Lipinski definition) is 3. The van der Waals surface area contributed by atoms with Crippen LogP contribution in [0.3, 0.4) is 0 Å². The molecule has 0 saturated heterocycles. The first-order valence-electron chi connectivity index (χ1n) is 9.77. The molecule has 2 amide bonds. The lowest BCUT2D eigenvalue weighted by atomic mass is 9.87. The van der Waals surface area contributed by atoms with Crippen molar-refractivity contribution in [3.8, 4) is 0 Å². The van der Waals surface area contributed by atoms with Crippen LogP contribution < -0.4 is 15.4 Å². The van der Waals surface area contributed by atoms with Gasteiger partial charge in [0.05, 0.1) is 18.0 Å². The smallest absolute Gasteiger partial charge is 0.315 e. The summed E-state index contributed by atoms with van der Waals surface area (Å²) < 4.78 is 25.4. The molecule has 0 aliphatic carbocycles. The largest absolute Gasteiger partial charge is 0.334 e. The molecule has 0 radical (unpaired) electrons. The number of anilines is 1. The van der Waals surface area contributed by atoms with Gasteiger partial charge in [0, 0.05) is 6.54 Å². The summed E-state index contributed by atoms with van der Waals surface area (Å²) in [6.07, 6.45) is 2.67. The molecular formula is C23H31N3O3S. The van der Waals surface area contributed by atoms with E-state index in [1.54, 1.807) is 24.3 Å². The van der Waals surface area contributed by atoms with Crippen molar-refractivity contribution in [2.24, 2.45) is 0 Å². The fourth-order valence-electron chi connectivity index (χ4n) is 2.95. The maximum atomic E-state index is 12.3. The van der Waals surface area contributed by atoms with E-state index in [-0.39, 0.29) is 17.5 Å². The summed E-state index contributed by atoms with van der Waals surface area (Å²) in [4.78, 5) is 12.3. The minimum Gasteiger partial charge on any atom is -0.334 e. The third kappa shape index (κ3) is 6.91. The summed E-state index contributed by atoms with van der Waals surface area (Å²) in [5.74, 6) is 0. The first-order chi connectivity index (χ1) is 13.9. The Morgan fingerprint density at radius 2 is 1.77 bits per heavy atom. The van der Waals surface area contributed by atoms with Gasteiger partial charge in [0.25, 0.3) is 0 Å². The Hall–Kier alpha value is -2.80. The second kappa shape index (κ2) is 9.34. The van der Waals surface area contributed by atoms with Crippen LogP contribution in [0, 0.1) is 0 Å². The first kappa shape index (κ1) is 23.5. The molecular weight excluding hydrogens is 398 g/mol. The number of amides is 2. The molecule has 0 aliphatic rings. The van der Waals surface area contributed by atoms with Gasteiger partial charge in [0.1, 0.15) is 0 Å². The highest BCUT2D eigenvalue weighted by Gasteiger charge is 2.14. The normalized spacial score (nSPS) is 12.7. The number of rotatable bonds is 7. The van der Waals surface area contributed by atoms with Crippen molar-refractivity contribution in [1.82, 2.24) is 10.6 Å². The fraction of sp³-hybridized carbons (Fsp3) is 0.348. The van der Waals surface area contributed by atoms with E-state index in [4.69, 9.17) is 0 Å². The van der Waals surface area contributed by atoms with Crippen LogP contribution in [0.1, 0.15) is 56.0 Å². The predicted octanol–water partition coefficient (Wildman–Crippen LogP) is 4.56. The Kier molecular flexibility index (Phi) is 7.31. The molecule has 1 unspecified atom stereocenters. The minimum atomic E-state index is -3.38. The quantitative estimate of drug-likeness (QED) is 0.603. The highest BCUT2D eigenvalue weighted by molar-refractivity contribution is 7.92. The average molecular weight is 430 g/mol. The zero-order valence-corrected chi connectivity index (χ0v) is 19.1. The van der Waals surface area contributed by atoms with E-state index in [9.17, 15) is 13.2 Å². The Morgan fingerprint density at radius 3 is 2.30 bits per heavy atom. The summed E-state index contributed by atoms with van der Waals surface area (Å²) in [5, 5.41) is 5.77. The van der Waals surface area contributed by atoms with E-state index in [1.165, 1.54) is 5.56 Å². The Morgan fingerprint density at radius 1 is 1.13 bits per heavy atom. The Balaban J connectivity index is 1.97. The molecule has 7 heteroatoms. The van der Waals surface area contributed by atoms with Gasteiger partial charge in [-0.05, 0) is 46.7 Å². The summed E-state index contributed by atoms with van der Waals surface area (Å²) in [5.41, 5.74) is 4.30. The van der Waals surface area contributed by atoms with Gasteiger partial charge < -0.3 is 10.6 Å². The Bertz CT molecular complexity index is 1010. The second-order valence-electron chi connectivity index (χ2n) is 8.42. The van der Waals surface area contributed by atoms with Crippen molar-refractivity contribution in [2.75, 3.05) is 11.0 Å². The average Bonchev–Trinajstić information content (AvgIpc) is 2.65. The molecule has 0 fully saturated rings. The molecule has 2 rings (SSSR count). The molecule has 0 saturated carbocycles.